The molecule has 0 saturated carbocycles. The molecule has 0 fully saturated rings. The molecular formula is C16H20FNO2. The van der Waals surface area contributed by atoms with Crippen molar-refractivity contribution >= 4 is 11.6 Å². The summed E-state index contributed by atoms with van der Waals surface area (Å²) in [4.78, 5) is 11.9. The van der Waals surface area contributed by atoms with Gasteiger partial charge in [-0.15, -0.1) is 0 Å². The van der Waals surface area contributed by atoms with Crippen LogP contribution in [0.15, 0.2) is 18.2 Å². The van der Waals surface area contributed by atoms with Gasteiger partial charge in [-0.3, -0.25) is 4.79 Å². The van der Waals surface area contributed by atoms with Gasteiger partial charge in [0.05, 0.1) is 12.2 Å². The monoisotopic (exact) mass is 277 g/mol. The number of nitrogens with one attached hydrogen (secondary N) is 1. The lowest BCUT2D eigenvalue weighted by molar-refractivity contribution is -0.119. The topological polar surface area (TPSA) is 49.3 Å². The fourth-order valence-electron chi connectivity index (χ4n) is 1.74. The minimum absolute atomic E-state index is 0.0560. The summed E-state index contributed by atoms with van der Waals surface area (Å²) in [7, 11) is 0. The standard InChI is InChI=1S/C16H20FNO2/c1-3-6-12(2)16(20)18-14-8-9-15(17)13(11-14)7-4-5-10-19/h8-9,11-12,19H,3,5-6,10H2,1-2H3,(H,18,20). The highest BCUT2D eigenvalue weighted by molar-refractivity contribution is 5.92. The van der Waals surface area contributed by atoms with Gasteiger partial charge in [0, 0.05) is 18.0 Å². The largest absolute Gasteiger partial charge is 0.395 e. The lowest BCUT2D eigenvalue weighted by atomic mass is 10.1. The third-order valence-corrected chi connectivity index (χ3v) is 2.86. The molecule has 0 spiro atoms. The molecule has 1 aromatic rings. The molecular weight excluding hydrogens is 257 g/mol. The van der Waals surface area contributed by atoms with Crippen LogP contribution in [0, 0.1) is 23.6 Å². The first kappa shape index (κ1) is 16.2. The Kier molecular flexibility index (Phi) is 6.75. The molecule has 1 unspecified atom stereocenters. The van der Waals surface area contributed by atoms with Gasteiger partial charge in [-0.25, -0.2) is 4.39 Å². The Morgan fingerprint density at radius 1 is 1.50 bits per heavy atom. The average molecular weight is 277 g/mol. The summed E-state index contributed by atoms with van der Waals surface area (Å²) in [5.41, 5.74) is 0.757. The van der Waals surface area contributed by atoms with E-state index in [4.69, 9.17) is 5.11 Å². The molecule has 3 nitrogen and oxygen atoms in total. The number of anilines is 1. The van der Waals surface area contributed by atoms with Crippen LogP contribution in [-0.4, -0.2) is 17.6 Å². The highest BCUT2D eigenvalue weighted by Gasteiger charge is 2.12. The second-order valence-corrected chi connectivity index (χ2v) is 4.65. The van der Waals surface area contributed by atoms with E-state index in [1.54, 1.807) is 0 Å². The van der Waals surface area contributed by atoms with E-state index in [2.05, 4.69) is 17.2 Å². The van der Waals surface area contributed by atoms with Crippen LogP contribution >= 0.6 is 0 Å². The van der Waals surface area contributed by atoms with Crippen LogP contribution in [0.4, 0.5) is 10.1 Å². The zero-order chi connectivity index (χ0) is 15.0. The Hall–Kier alpha value is -1.86. The lowest BCUT2D eigenvalue weighted by Crippen LogP contribution is -2.20. The zero-order valence-corrected chi connectivity index (χ0v) is 11.9. The van der Waals surface area contributed by atoms with Crippen LogP contribution in [0.2, 0.25) is 0 Å². The Morgan fingerprint density at radius 3 is 2.90 bits per heavy atom. The quantitative estimate of drug-likeness (QED) is 0.813. The number of amides is 1. The maximum absolute atomic E-state index is 13.5. The van der Waals surface area contributed by atoms with Gasteiger partial charge < -0.3 is 10.4 Å². The van der Waals surface area contributed by atoms with Crippen LogP contribution in [0.5, 0.6) is 0 Å². The maximum Gasteiger partial charge on any atom is 0.227 e. The van der Waals surface area contributed by atoms with Crippen molar-refractivity contribution in [3.05, 3.63) is 29.6 Å². The summed E-state index contributed by atoms with van der Waals surface area (Å²) >= 11 is 0. The van der Waals surface area contributed by atoms with Gasteiger partial charge in [0.1, 0.15) is 5.82 Å². The summed E-state index contributed by atoms with van der Waals surface area (Å²) in [6.45, 7) is 3.83. The molecule has 108 valence electrons. The van der Waals surface area contributed by atoms with Gasteiger partial charge in [0.15, 0.2) is 0 Å². The van der Waals surface area contributed by atoms with Crippen molar-refractivity contribution in [1.82, 2.24) is 0 Å². The van der Waals surface area contributed by atoms with Gasteiger partial charge in [0.25, 0.3) is 0 Å². The number of carbonyl (C=O) groups excluding carboxylic acids is 1. The first-order valence-electron chi connectivity index (χ1n) is 6.78. The highest BCUT2D eigenvalue weighted by Crippen LogP contribution is 2.16. The van der Waals surface area contributed by atoms with E-state index in [1.165, 1.54) is 18.2 Å². The van der Waals surface area contributed by atoms with E-state index in [0.717, 1.165) is 12.8 Å². The fraction of sp³-hybridized carbons (Fsp3) is 0.438. The molecule has 1 aromatic carbocycles. The van der Waals surface area contributed by atoms with Crippen molar-refractivity contribution in [2.45, 2.75) is 33.1 Å². The summed E-state index contributed by atoms with van der Waals surface area (Å²) in [6, 6.07) is 4.31. The Bertz CT molecular complexity index is 517. The van der Waals surface area contributed by atoms with E-state index in [9.17, 15) is 9.18 Å². The van der Waals surface area contributed by atoms with Gasteiger partial charge in [-0.05, 0) is 24.6 Å². The van der Waals surface area contributed by atoms with Crippen molar-refractivity contribution < 1.29 is 14.3 Å². The molecule has 1 atom stereocenters. The third kappa shape index (κ3) is 5.02. The van der Waals surface area contributed by atoms with Gasteiger partial charge in [-0.2, -0.15) is 0 Å². The Morgan fingerprint density at radius 2 is 2.25 bits per heavy atom. The summed E-state index contributed by atoms with van der Waals surface area (Å²) in [5.74, 6) is 4.72. The number of aliphatic hydroxyl groups is 1. The fourth-order valence-corrected chi connectivity index (χ4v) is 1.74. The van der Waals surface area contributed by atoms with E-state index in [0.29, 0.717) is 12.1 Å². The van der Waals surface area contributed by atoms with Crippen molar-refractivity contribution in [2.75, 3.05) is 11.9 Å². The molecule has 0 heterocycles. The molecule has 0 saturated heterocycles. The molecule has 20 heavy (non-hydrogen) atoms. The molecule has 0 aromatic heterocycles. The highest BCUT2D eigenvalue weighted by atomic mass is 19.1. The smallest absolute Gasteiger partial charge is 0.227 e. The summed E-state index contributed by atoms with van der Waals surface area (Å²) in [5, 5.41) is 11.4. The Balaban J connectivity index is 2.80. The number of aliphatic hydroxyl groups excluding tert-OH is 1. The Labute approximate surface area is 119 Å². The number of rotatable bonds is 5. The molecule has 0 aliphatic carbocycles. The zero-order valence-electron chi connectivity index (χ0n) is 11.9. The second kappa shape index (κ2) is 8.34. The average Bonchev–Trinajstić information content (AvgIpc) is 2.42. The van der Waals surface area contributed by atoms with Gasteiger partial charge in [-0.1, -0.05) is 32.1 Å². The van der Waals surface area contributed by atoms with Crippen LogP contribution in [0.1, 0.15) is 38.7 Å². The predicted molar refractivity (Wildman–Crippen MR) is 77.7 cm³/mol. The van der Waals surface area contributed by atoms with E-state index in [-0.39, 0.29) is 24.0 Å². The molecule has 0 aliphatic rings. The second-order valence-electron chi connectivity index (χ2n) is 4.65. The summed E-state index contributed by atoms with van der Waals surface area (Å²) in [6.07, 6.45) is 2.05. The van der Waals surface area contributed by atoms with Gasteiger partial charge >= 0.3 is 0 Å². The molecule has 4 heteroatoms. The minimum Gasteiger partial charge on any atom is -0.395 e. The molecule has 0 bridgehead atoms. The number of hydrogen-bond acceptors (Lipinski definition) is 2. The SMILES string of the molecule is CCCC(C)C(=O)Nc1ccc(F)c(C#CCCO)c1. The van der Waals surface area contributed by atoms with Crippen LogP contribution in [0.3, 0.4) is 0 Å². The molecule has 2 N–H and O–H groups in total. The molecule has 1 amide bonds. The predicted octanol–water partition coefficient (Wildman–Crippen LogP) is 2.93. The van der Waals surface area contributed by atoms with Gasteiger partial charge in [0.2, 0.25) is 5.91 Å². The molecule has 0 aliphatic heterocycles. The number of benzene rings is 1. The first-order valence-corrected chi connectivity index (χ1v) is 6.78. The maximum atomic E-state index is 13.5. The third-order valence-electron chi connectivity index (χ3n) is 2.86. The lowest BCUT2D eigenvalue weighted by Gasteiger charge is -2.11. The van der Waals surface area contributed by atoms with Crippen LogP contribution < -0.4 is 5.32 Å². The van der Waals surface area contributed by atoms with Crippen LogP contribution in [0.25, 0.3) is 0 Å². The number of hydrogen-bond donors (Lipinski definition) is 2. The van der Waals surface area contributed by atoms with Crippen molar-refractivity contribution in [3.8, 4) is 11.8 Å². The van der Waals surface area contributed by atoms with Crippen molar-refractivity contribution in [1.29, 1.82) is 0 Å². The van der Waals surface area contributed by atoms with E-state index in [1.807, 2.05) is 13.8 Å². The number of carbonyl (C=O) groups is 1. The van der Waals surface area contributed by atoms with Crippen molar-refractivity contribution in [2.24, 2.45) is 5.92 Å². The van der Waals surface area contributed by atoms with Crippen molar-refractivity contribution in [3.63, 3.8) is 0 Å². The molecule has 0 radical (unpaired) electrons. The normalized spacial score (nSPS) is 11.4. The number of halogens is 1. The first-order chi connectivity index (χ1) is 9.58. The minimum atomic E-state index is -0.435. The summed E-state index contributed by atoms with van der Waals surface area (Å²) < 4.78 is 13.5. The van der Waals surface area contributed by atoms with Crippen LogP contribution in [-0.2, 0) is 4.79 Å². The van der Waals surface area contributed by atoms with E-state index >= 15 is 0 Å². The van der Waals surface area contributed by atoms with E-state index < -0.39 is 5.82 Å². The molecule has 1 rings (SSSR count).